The number of carbonyl (C=O) groups excluding carboxylic acids is 1. The van der Waals surface area contributed by atoms with Gasteiger partial charge >= 0.3 is 6.09 Å². The van der Waals surface area contributed by atoms with E-state index in [1.54, 1.807) is 17.3 Å². The summed E-state index contributed by atoms with van der Waals surface area (Å²) in [6, 6.07) is 1.99. The molecule has 2 aliphatic rings. The Hall–Kier alpha value is -2.88. The van der Waals surface area contributed by atoms with Crippen molar-refractivity contribution >= 4 is 17.7 Å². The van der Waals surface area contributed by atoms with Crippen LogP contribution >= 0.6 is 0 Å². The summed E-state index contributed by atoms with van der Waals surface area (Å²) in [5.41, 5.74) is 0.566. The van der Waals surface area contributed by atoms with Crippen molar-refractivity contribution in [1.82, 2.24) is 25.1 Å². The van der Waals surface area contributed by atoms with Crippen LogP contribution < -0.4 is 10.1 Å². The van der Waals surface area contributed by atoms with Gasteiger partial charge in [0.05, 0.1) is 19.0 Å². The van der Waals surface area contributed by atoms with Crippen LogP contribution in [0.1, 0.15) is 58.1 Å². The molecule has 0 spiro atoms. The summed E-state index contributed by atoms with van der Waals surface area (Å²) in [5, 5.41) is 10.6. The summed E-state index contributed by atoms with van der Waals surface area (Å²) < 4.78 is 17.0. The van der Waals surface area contributed by atoms with E-state index in [0.717, 1.165) is 31.7 Å². The number of nitrogens with one attached hydrogen (secondary N) is 2. The number of H-pyrrole nitrogens is 1. The zero-order valence-electron chi connectivity index (χ0n) is 19.0. The zero-order chi connectivity index (χ0) is 22.6. The second-order valence-electron chi connectivity index (χ2n) is 9.27. The third-order valence-electron chi connectivity index (χ3n) is 5.45. The molecule has 1 atom stereocenters. The molecule has 10 nitrogen and oxygen atoms in total. The highest BCUT2D eigenvalue weighted by Gasteiger charge is 2.28. The lowest BCUT2D eigenvalue weighted by Gasteiger charge is -2.33. The fourth-order valence-corrected chi connectivity index (χ4v) is 3.85. The van der Waals surface area contributed by atoms with Crippen molar-refractivity contribution in [2.45, 2.75) is 64.1 Å². The maximum atomic E-state index is 12.2. The Morgan fingerprint density at radius 3 is 2.75 bits per heavy atom. The average Bonchev–Trinajstić information content (AvgIpc) is 3.22. The van der Waals surface area contributed by atoms with Gasteiger partial charge in [0, 0.05) is 50.2 Å². The van der Waals surface area contributed by atoms with Crippen LogP contribution in [0.25, 0.3) is 0 Å². The Morgan fingerprint density at radius 2 is 2.03 bits per heavy atom. The maximum Gasteiger partial charge on any atom is 0.410 e. The number of carbonyl (C=O) groups is 1. The second-order valence-corrected chi connectivity index (χ2v) is 9.27. The Bertz CT molecular complexity index is 898. The highest BCUT2D eigenvalue weighted by atomic mass is 16.6. The number of likely N-dealkylation sites (tertiary alicyclic amines) is 1. The molecule has 2 aromatic rings. The first-order chi connectivity index (χ1) is 15.4. The average molecular weight is 445 g/mol. The number of nitrogens with zero attached hydrogens (tertiary/aromatic N) is 4. The van der Waals surface area contributed by atoms with E-state index in [9.17, 15) is 4.79 Å². The summed E-state index contributed by atoms with van der Waals surface area (Å²) in [5.74, 6) is 2.04. The van der Waals surface area contributed by atoms with Crippen LogP contribution in [0.4, 0.5) is 16.4 Å². The summed E-state index contributed by atoms with van der Waals surface area (Å²) in [6.07, 6.45) is 6.51. The molecule has 0 bridgehead atoms. The monoisotopic (exact) mass is 444 g/mol. The van der Waals surface area contributed by atoms with Gasteiger partial charge in [-0.05, 0) is 33.6 Å². The minimum absolute atomic E-state index is 0.0264. The molecule has 2 fully saturated rings. The van der Waals surface area contributed by atoms with Crippen molar-refractivity contribution in [3.8, 4) is 5.88 Å². The minimum atomic E-state index is -0.493. The van der Waals surface area contributed by atoms with Gasteiger partial charge in [-0.25, -0.2) is 4.79 Å². The third kappa shape index (κ3) is 6.09. The first-order valence-corrected chi connectivity index (χ1v) is 11.2. The van der Waals surface area contributed by atoms with Crippen LogP contribution in [-0.2, 0) is 9.47 Å². The summed E-state index contributed by atoms with van der Waals surface area (Å²) >= 11 is 0. The van der Waals surface area contributed by atoms with Gasteiger partial charge in [0.2, 0.25) is 5.88 Å². The quantitative estimate of drug-likeness (QED) is 0.719. The van der Waals surface area contributed by atoms with Gasteiger partial charge in [-0.3, -0.25) is 10.1 Å². The van der Waals surface area contributed by atoms with Crippen molar-refractivity contribution in [1.29, 1.82) is 0 Å². The van der Waals surface area contributed by atoms with E-state index >= 15 is 0 Å². The Labute approximate surface area is 188 Å². The molecule has 32 heavy (non-hydrogen) atoms. The van der Waals surface area contributed by atoms with Crippen LogP contribution in [0.3, 0.4) is 0 Å². The second kappa shape index (κ2) is 9.72. The van der Waals surface area contributed by atoms with Crippen LogP contribution in [0.15, 0.2) is 18.5 Å². The van der Waals surface area contributed by atoms with Crippen molar-refractivity contribution < 1.29 is 19.0 Å². The number of piperidine rings is 1. The maximum absolute atomic E-state index is 12.2. The Kier molecular flexibility index (Phi) is 6.78. The number of aromatic amines is 1. The molecule has 2 aliphatic heterocycles. The van der Waals surface area contributed by atoms with Gasteiger partial charge in [-0.1, -0.05) is 0 Å². The van der Waals surface area contributed by atoms with Gasteiger partial charge in [-0.15, -0.1) is 0 Å². The van der Waals surface area contributed by atoms with Crippen molar-refractivity contribution in [2.24, 2.45) is 0 Å². The van der Waals surface area contributed by atoms with Crippen molar-refractivity contribution in [2.75, 3.05) is 31.6 Å². The lowest BCUT2D eigenvalue weighted by molar-refractivity contribution is 0.0123. The van der Waals surface area contributed by atoms with Gasteiger partial charge < -0.3 is 24.4 Å². The lowest BCUT2D eigenvalue weighted by Crippen LogP contribution is -2.44. The third-order valence-corrected chi connectivity index (χ3v) is 5.45. The van der Waals surface area contributed by atoms with Crippen molar-refractivity contribution in [3.63, 3.8) is 0 Å². The normalized spacial score (nSPS) is 20.1. The van der Waals surface area contributed by atoms with E-state index in [2.05, 4.69) is 25.5 Å². The van der Waals surface area contributed by atoms with Crippen LogP contribution in [0.5, 0.6) is 5.88 Å². The molecular formula is C22H32N6O4. The molecular weight excluding hydrogens is 412 g/mol. The number of ether oxygens (including phenoxy) is 3. The highest BCUT2D eigenvalue weighted by molar-refractivity contribution is 5.68. The molecule has 0 saturated carbocycles. The van der Waals surface area contributed by atoms with E-state index in [0.29, 0.717) is 49.4 Å². The van der Waals surface area contributed by atoms with Crippen LogP contribution in [-0.4, -0.2) is 69.2 Å². The predicted octanol–water partition coefficient (Wildman–Crippen LogP) is 3.62. The fraction of sp³-hybridized carbons (Fsp3) is 0.636. The molecule has 4 rings (SSSR count). The molecule has 0 aromatic carbocycles. The van der Waals surface area contributed by atoms with Gasteiger partial charge in [-0.2, -0.15) is 10.1 Å². The highest BCUT2D eigenvalue weighted by Crippen LogP contribution is 2.26. The fourth-order valence-electron chi connectivity index (χ4n) is 3.85. The Balaban J connectivity index is 1.28. The Morgan fingerprint density at radius 1 is 1.22 bits per heavy atom. The van der Waals surface area contributed by atoms with Crippen LogP contribution in [0.2, 0.25) is 0 Å². The van der Waals surface area contributed by atoms with Gasteiger partial charge in [0.15, 0.2) is 11.6 Å². The van der Waals surface area contributed by atoms with E-state index in [-0.39, 0.29) is 12.2 Å². The number of aromatic nitrogens is 4. The summed E-state index contributed by atoms with van der Waals surface area (Å²) in [7, 11) is 0. The summed E-state index contributed by atoms with van der Waals surface area (Å²) in [4.78, 5) is 22.7. The predicted molar refractivity (Wildman–Crippen MR) is 118 cm³/mol. The molecule has 0 unspecified atom stereocenters. The molecule has 0 radical (unpaired) electrons. The van der Waals surface area contributed by atoms with E-state index in [4.69, 9.17) is 14.2 Å². The largest absolute Gasteiger partial charge is 0.473 e. The zero-order valence-corrected chi connectivity index (χ0v) is 19.0. The molecule has 2 saturated heterocycles. The smallest absolute Gasteiger partial charge is 0.410 e. The standard InChI is InChI=1S/C22H32N6O4/c1-22(2,3)32-21(29)28-8-6-16(7-9-28)31-20-13-23-12-19(25-20)24-18-11-17(26-27-18)15-5-4-10-30-14-15/h11-13,15-16H,4-10,14H2,1-3H3,(H2,24,25,26,27)/t15-/m1/s1. The molecule has 174 valence electrons. The first kappa shape index (κ1) is 22.3. The van der Waals surface area contributed by atoms with E-state index in [1.807, 2.05) is 26.8 Å². The van der Waals surface area contributed by atoms with Gasteiger partial charge in [0.1, 0.15) is 11.7 Å². The lowest BCUT2D eigenvalue weighted by atomic mass is 9.99. The topological polar surface area (TPSA) is 114 Å². The number of rotatable bonds is 5. The number of hydrogen-bond donors (Lipinski definition) is 2. The molecule has 1 amide bonds. The molecule has 2 aromatic heterocycles. The van der Waals surface area contributed by atoms with Gasteiger partial charge in [0.25, 0.3) is 0 Å². The number of amides is 1. The molecule has 4 heterocycles. The minimum Gasteiger partial charge on any atom is -0.473 e. The summed E-state index contributed by atoms with van der Waals surface area (Å²) in [6.45, 7) is 8.34. The molecule has 10 heteroatoms. The molecule has 0 aliphatic carbocycles. The van der Waals surface area contributed by atoms with Crippen molar-refractivity contribution in [3.05, 3.63) is 24.2 Å². The molecule has 2 N–H and O–H groups in total. The number of anilines is 2. The SMILES string of the molecule is CC(C)(C)OC(=O)N1CCC(Oc2cncc(Nc3cc([C@@H]4CCCOC4)[nH]n3)n2)CC1. The van der Waals surface area contributed by atoms with E-state index in [1.165, 1.54) is 0 Å². The van der Waals surface area contributed by atoms with E-state index < -0.39 is 5.60 Å². The first-order valence-electron chi connectivity index (χ1n) is 11.2. The number of hydrogen-bond acceptors (Lipinski definition) is 8. The van der Waals surface area contributed by atoms with Crippen LogP contribution in [0, 0.1) is 0 Å².